The van der Waals surface area contributed by atoms with Gasteiger partial charge in [0.15, 0.2) is 0 Å². The Morgan fingerprint density at radius 2 is 0.833 bits per heavy atom. The molecule has 0 spiro atoms. The van der Waals surface area contributed by atoms with Crippen molar-refractivity contribution in [1.29, 1.82) is 0 Å². The molecule has 288 valence electrons. The number of esters is 1. The Kier molecular flexibility index (Phi) is 46.9. The number of ether oxygens (including phenoxy) is 2. The third-order valence-electron chi connectivity index (χ3n) is 9.46. The van der Waals surface area contributed by atoms with Crippen LogP contribution < -0.4 is 5.32 Å². The number of rotatable bonds is 39. The van der Waals surface area contributed by atoms with Gasteiger partial charge in [-0.3, -0.25) is 9.59 Å². The predicted molar refractivity (Wildman–Crippen MR) is 210 cm³/mol. The molecule has 0 saturated heterocycles. The van der Waals surface area contributed by atoms with Crippen LogP contribution in [0, 0.1) is 0 Å². The molecule has 0 amide bonds. The van der Waals surface area contributed by atoms with E-state index in [4.69, 9.17) is 9.47 Å². The molecular weight excluding hydrogens is 594 g/mol. The number of nitrogens with one attached hydrogen (secondary N) is 1. The normalized spacial score (nSPS) is 11.0. The van der Waals surface area contributed by atoms with Gasteiger partial charge >= 0.3 is 5.97 Å². The molecule has 0 aliphatic carbocycles. The Bertz CT molecular complexity index is 583. The molecule has 0 fully saturated rings. The standard InChI is InChI=1S/C25H51NO2.C18H36O2/c1-3-5-7-9-11-16-20-24-28-25(27)21-17-13-12-15-19-23-26-22-18-14-10-8-6-4-2;1-3-5-7-9-11-13-15-18(20-17-19)16-14-12-10-8-6-4-2/h26H,3-24H2,1-2H3;17-18H,3-16H2,1-2H3. The van der Waals surface area contributed by atoms with E-state index in [0.29, 0.717) is 19.5 Å². The summed E-state index contributed by atoms with van der Waals surface area (Å²) in [5.41, 5.74) is 0. The van der Waals surface area contributed by atoms with Crippen molar-refractivity contribution in [2.24, 2.45) is 0 Å². The maximum absolute atomic E-state index is 11.7. The number of unbranched alkanes of at least 4 members (excludes halogenated alkanes) is 25. The van der Waals surface area contributed by atoms with Crippen molar-refractivity contribution >= 4 is 12.4 Å². The minimum Gasteiger partial charge on any atom is -0.466 e. The SMILES string of the molecule is CCCCCCCCC(CCCCCCCC)OC=O.CCCCCCCCCOC(=O)CCCCCCCNCCCCCCCC. The van der Waals surface area contributed by atoms with Crippen molar-refractivity contribution in [3.63, 3.8) is 0 Å². The number of hydrogen-bond donors (Lipinski definition) is 1. The Morgan fingerprint density at radius 3 is 1.25 bits per heavy atom. The summed E-state index contributed by atoms with van der Waals surface area (Å²) < 4.78 is 10.6. The Hall–Kier alpha value is -1.10. The van der Waals surface area contributed by atoms with E-state index < -0.39 is 0 Å². The minimum atomic E-state index is 0.00610. The summed E-state index contributed by atoms with van der Waals surface area (Å²) in [6.07, 6.45) is 41.6. The van der Waals surface area contributed by atoms with Crippen LogP contribution in [0.2, 0.25) is 0 Å². The lowest BCUT2D eigenvalue weighted by Gasteiger charge is -2.15. The highest BCUT2D eigenvalue weighted by molar-refractivity contribution is 5.69. The van der Waals surface area contributed by atoms with Gasteiger partial charge in [0.1, 0.15) is 6.10 Å². The largest absolute Gasteiger partial charge is 0.466 e. The molecule has 0 aromatic heterocycles. The molecule has 0 atom stereocenters. The molecule has 48 heavy (non-hydrogen) atoms. The molecule has 0 heterocycles. The molecule has 0 unspecified atom stereocenters. The lowest BCUT2D eigenvalue weighted by atomic mass is 10.0. The summed E-state index contributed by atoms with van der Waals surface area (Å²) in [4.78, 5) is 22.2. The Balaban J connectivity index is 0. The average Bonchev–Trinajstić information content (AvgIpc) is 3.09. The first-order valence-corrected chi connectivity index (χ1v) is 21.6. The van der Waals surface area contributed by atoms with Crippen LogP contribution in [0.5, 0.6) is 0 Å². The zero-order valence-corrected chi connectivity index (χ0v) is 33.2. The summed E-state index contributed by atoms with van der Waals surface area (Å²) in [6.45, 7) is 12.6. The summed E-state index contributed by atoms with van der Waals surface area (Å²) in [7, 11) is 0. The third-order valence-corrected chi connectivity index (χ3v) is 9.46. The van der Waals surface area contributed by atoms with Gasteiger partial charge in [-0.2, -0.15) is 0 Å². The molecule has 5 nitrogen and oxygen atoms in total. The molecule has 5 heteroatoms. The zero-order valence-electron chi connectivity index (χ0n) is 33.2. The van der Waals surface area contributed by atoms with Crippen molar-refractivity contribution in [1.82, 2.24) is 5.32 Å². The van der Waals surface area contributed by atoms with Gasteiger partial charge in [0.2, 0.25) is 0 Å². The molecule has 0 aliphatic rings. The van der Waals surface area contributed by atoms with Gasteiger partial charge in [-0.1, -0.05) is 182 Å². The third kappa shape index (κ3) is 44.9. The lowest BCUT2D eigenvalue weighted by molar-refractivity contribution is -0.144. The van der Waals surface area contributed by atoms with Gasteiger partial charge in [0.25, 0.3) is 6.47 Å². The fraction of sp³-hybridized carbons (Fsp3) is 0.953. The monoisotopic (exact) mass is 682 g/mol. The summed E-state index contributed by atoms with van der Waals surface area (Å²) >= 11 is 0. The molecule has 0 saturated carbocycles. The van der Waals surface area contributed by atoms with Crippen LogP contribution in [0.1, 0.15) is 240 Å². The highest BCUT2D eigenvalue weighted by Crippen LogP contribution is 2.16. The molecule has 0 bridgehead atoms. The molecule has 0 aromatic carbocycles. The minimum absolute atomic E-state index is 0.00610. The van der Waals surface area contributed by atoms with Crippen molar-refractivity contribution in [2.75, 3.05) is 19.7 Å². The van der Waals surface area contributed by atoms with E-state index in [-0.39, 0.29) is 12.1 Å². The molecule has 0 aromatic rings. The van der Waals surface area contributed by atoms with Crippen LogP contribution >= 0.6 is 0 Å². The van der Waals surface area contributed by atoms with Crippen molar-refractivity contribution in [2.45, 2.75) is 246 Å². The molecule has 0 radical (unpaired) electrons. The van der Waals surface area contributed by atoms with E-state index in [1.165, 1.54) is 180 Å². The topological polar surface area (TPSA) is 64.6 Å². The van der Waals surface area contributed by atoms with E-state index in [0.717, 1.165) is 38.6 Å². The van der Waals surface area contributed by atoms with Crippen molar-refractivity contribution in [3.8, 4) is 0 Å². The molecule has 0 aliphatic heterocycles. The quantitative estimate of drug-likeness (QED) is 0.0397. The second-order valence-electron chi connectivity index (χ2n) is 14.3. The molecule has 0 rings (SSSR count). The zero-order chi connectivity index (χ0) is 35.4. The number of carbonyl (C=O) groups is 2. The Labute approximate surface area is 301 Å². The molecular formula is C43H87NO4. The van der Waals surface area contributed by atoms with Gasteiger partial charge in [-0.05, 0) is 64.5 Å². The van der Waals surface area contributed by atoms with Gasteiger partial charge in [0, 0.05) is 6.42 Å². The van der Waals surface area contributed by atoms with E-state index in [1.54, 1.807) is 0 Å². The summed E-state index contributed by atoms with van der Waals surface area (Å²) in [5.74, 6) is 0.00610. The van der Waals surface area contributed by atoms with Gasteiger partial charge in [-0.15, -0.1) is 0 Å². The predicted octanol–water partition coefficient (Wildman–Crippen LogP) is 13.6. The maximum atomic E-state index is 11.7. The summed E-state index contributed by atoms with van der Waals surface area (Å²) in [5, 5.41) is 3.56. The maximum Gasteiger partial charge on any atom is 0.305 e. The van der Waals surface area contributed by atoms with E-state index in [2.05, 4.69) is 33.0 Å². The van der Waals surface area contributed by atoms with Crippen LogP contribution in [0.4, 0.5) is 0 Å². The van der Waals surface area contributed by atoms with Crippen LogP contribution in [-0.4, -0.2) is 38.2 Å². The van der Waals surface area contributed by atoms with Crippen molar-refractivity contribution in [3.05, 3.63) is 0 Å². The average molecular weight is 682 g/mol. The highest BCUT2D eigenvalue weighted by Gasteiger charge is 2.08. The Morgan fingerprint density at radius 1 is 0.479 bits per heavy atom. The van der Waals surface area contributed by atoms with Crippen LogP contribution in [0.15, 0.2) is 0 Å². The van der Waals surface area contributed by atoms with Crippen LogP contribution in [-0.2, 0) is 19.1 Å². The van der Waals surface area contributed by atoms with Crippen LogP contribution in [0.25, 0.3) is 0 Å². The van der Waals surface area contributed by atoms with Crippen molar-refractivity contribution < 1.29 is 19.1 Å². The summed E-state index contributed by atoms with van der Waals surface area (Å²) in [6, 6.07) is 0. The lowest BCUT2D eigenvalue weighted by Crippen LogP contribution is -2.16. The second kappa shape index (κ2) is 45.9. The van der Waals surface area contributed by atoms with Crippen LogP contribution in [0.3, 0.4) is 0 Å². The molecule has 1 N–H and O–H groups in total. The first-order chi connectivity index (χ1) is 23.7. The smallest absolute Gasteiger partial charge is 0.305 e. The number of hydrogen-bond acceptors (Lipinski definition) is 5. The number of carbonyl (C=O) groups excluding carboxylic acids is 2. The highest BCUT2D eigenvalue weighted by atomic mass is 16.5. The van der Waals surface area contributed by atoms with Gasteiger partial charge in [-0.25, -0.2) is 0 Å². The van der Waals surface area contributed by atoms with E-state index in [9.17, 15) is 9.59 Å². The fourth-order valence-electron chi connectivity index (χ4n) is 6.19. The fourth-order valence-corrected chi connectivity index (χ4v) is 6.19. The first kappa shape index (κ1) is 49.0. The van der Waals surface area contributed by atoms with E-state index in [1.807, 2.05) is 0 Å². The second-order valence-corrected chi connectivity index (χ2v) is 14.3. The van der Waals surface area contributed by atoms with Gasteiger partial charge < -0.3 is 14.8 Å². The van der Waals surface area contributed by atoms with Gasteiger partial charge in [0.05, 0.1) is 6.61 Å². The first-order valence-electron chi connectivity index (χ1n) is 21.6. The van der Waals surface area contributed by atoms with E-state index >= 15 is 0 Å².